The van der Waals surface area contributed by atoms with Gasteiger partial charge in [0.05, 0.1) is 0 Å². The molecule has 1 N–H and O–H groups in total. The quantitative estimate of drug-likeness (QED) is 0.873. The topological polar surface area (TPSA) is 46.0 Å². The van der Waals surface area contributed by atoms with Crippen molar-refractivity contribution in [3.05, 3.63) is 42.0 Å². The van der Waals surface area contributed by atoms with Crippen LogP contribution in [0.15, 0.2) is 30.6 Å². The van der Waals surface area contributed by atoms with E-state index in [2.05, 4.69) is 51.5 Å². The van der Waals surface area contributed by atoms with Gasteiger partial charge < -0.3 is 10.2 Å². The van der Waals surface area contributed by atoms with E-state index < -0.39 is 0 Å². The molecule has 108 valence electrons. The van der Waals surface area contributed by atoms with Gasteiger partial charge >= 0.3 is 0 Å². The Balaban J connectivity index is 2.15. The zero-order valence-electron chi connectivity index (χ0n) is 12.7. The van der Waals surface area contributed by atoms with Gasteiger partial charge in [0.15, 0.2) is 0 Å². The SMILES string of the molecule is CCn1ncnc1CC(NC)c1ccc(N(C)C)cc1. The maximum absolute atomic E-state index is 4.35. The Morgan fingerprint density at radius 2 is 1.95 bits per heavy atom. The summed E-state index contributed by atoms with van der Waals surface area (Å²) in [5.74, 6) is 1.02. The fraction of sp³-hybridized carbons (Fsp3) is 0.467. The predicted molar refractivity (Wildman–Crippen MR) is 82.0 cm³/mol. The van der Waals surface area contributed by atoms with Crippen molar-refractivity contribution in [1.29, 1.82) is 0 Å². The number of anilines is 1. The van der Waals surface area contributed by atoms with Gasteiger partial charge in [0.2, 0.25) is 0 Å². The van der Waals surface area contributed by atoms with Crippen molar-refractivity contribution in [1.82, 2.24) is 20.1 Å². The molecule has 2 rings (SSSR count). The summed E-state index contributed by atoms with van der Waals surface area (Å²) in [5, 5.41) is 7.59. The number of hydrogen-bond donors (Lipinski definition) is 1. The van der Waals surface area contributed by atoms with Crippen LogP contribution in [0.4, 0.5) is 5.69 Å². The van der Waals surface area contributed by atoms with Crippen LogP contribution < -0.4 is 10.2 Å². The lowest BCUT2D eigenvalue weighted by Gasteiger charge is -2.18. The number of rotatable bonds is 6. The Morgan fingerprint density at radius 3 is 2.50 bits per heavy atom. The highest BCUT2D eigenvalue weighted by molar-refractivity contribution is 5.46. The van der Waals surface area contributed by atoms with Crippen LogP contribution >= 0.6 is 0 Å². The molecule has 20 heavy (non-hydrogen) atoms. The van der Waals surface area contributed by atoms with Crippen molar-refractivity contribution in [3.8, 4) is 0 Å². The van der Waals surface area contributed by atoms with Crippen molar-refractivity contribution in [2.45, 2.75) is 25.9 Å². The van der Waals surface area contributed by atoms with E-state index in [0.29, 0.717) is 0 Å². The Morgan fingerprint density at radius 1 is 1.25 bits per heavy atom. The van der Waals surface area contributed by atoms with Crippen LogP contribution in [0.1, 0.15) is 24.4 Å². The molecule has 5 heteroatoms. The zero-order chi connectivity index (χ0) is 14.5. The lowest BCUT2D eigenvalue weighted by atomic mass is 10.0. The second-order valence-electron chi connectivity index (χ2n) is 5.02. The van der Waals surface area contributed by atoms with Gasteiger partial charge in [0.1, 0.15) is 12.2 Å². The van der Waals surface area contributed by atoms with E-state index in [1.165, 1.54) is 11.3 Å². The average Bonchev–Trinajstić information content (AvgIpc) is 2.92. The van der Waals surface area contributed by atoms with Gasteiger partial charge in [-0.25, -0.2) is 4.98 Å². The van der Waals surface area contributed by atoms with E-state index in [1.54, 1.807) is 6.33 Å². The van der Waals surface area contributed by atoms with Gasteiger partial charge in [-0.15, -0.1) is 0 Å². The molecular weight excluding hydrogens is 250 g/mol. The van der Waals surface area contributed by atoms with Gasteiger partial charge in [-0.05, 0) is 31.7 Å². The molecule has 0 bridgehead atoms. The molecule has 0 aliphatic carbocycles. The van der Waals surface area contributed by atoms with Crippen molar-refractivity contribution in [2.24, 2.45) is 0 Å². The monoisotopic (exact) mass is 273 g/mol. The minimum absolute atomic E-state index is 0.251. The molecule has 0 spiro atoms. The van der Waals surface area contributed by atoms with Crippen molar-refractivity contribution in [3.63, 3.8) is 0 Å². The molecule has 1 aromatic heterocycles. The van der Waals surface area contributed by atoms with E-state index >= 15 is 0 Å². The van der Waals surface area contributed by atoms with E-state index in [0.717, 1.165) is 18.8 Å². The molecule has 0 radical (unpaired) electrons. The largest absolute Gasteiger partial charge is 0.378 e. The van der Waals surface area contributed by atoms with E-state index in [9.17, 15) is 0 Å². The van der Waals surface area contributed by atoms with Crippen LogP contribution in [-0.4, -0.2) is 35.9 Å². The van der Waals surface area contributed by atoms with Crippen LogP contribution in [0.2, 0.25) is 0 Å². The first-order valence-electron chi connectivity index (χ1n) is 6.97. The van der Waals surface area contributed by atoms with E-state index in [-0.39, 0.29) is 6.04 Å². The smallest absolute Gasteiger partial charge is 0.138 e. The van der Waals surface area contributed by atoms with E-state index in [4.69, 9.17) is 0 Å². The molecule has 0 fully saturated rings. The molecule has 0 aliphatic rings. The van der Waals surface area contributed by atoms with Crippen LogP contribution in [-0.2, 0) is 13.0 Å². The fourth-order valence-corrected chi connectivity index (χ4v) is 2.28. The summed E-state index contributed by atoms with van der Waals surface area (Å²) in [6.07, 6.45) is 2.46. The Bertz CT molecular complexity index is 529. The number of hydrogen-bond acceptors (Lipinski definition) is 4. The molecule has 1 aromatic carbocycles. The van der Waals surface area contributed by atoms with Gasteiger partial charge in [-0.1, -0.05) is 12.1 Å². The number of aryl methyl sites for hydroxylation is 1. The highest BCUT2D eigenvalue weighted by atomic mass is 15.3. The van der Waals surface area contributed by atoms with Gasteiger partial charge in [-0.2, -0.15) is 5.10 Å². The average molecular weight is 273 g/mol. The Kier molecular flexibility index (Phi) is 4.74. The number of likely N-dealkylation sites (N-methyl/N-ethyl adjacent to an activating group) is 1. The summed E-state index contributed by atoms with van der Waals surface area (Å²) < 4.78 is 1.94. The third kappa shape index (κ3) is 3.17. The summed E-state index contributed by atoms with van der Waals surface area (Å²) in [7, 11) is 6.08. The summed E-state index contributed by atoms with van der Waals surface area (Å²) in [6.45, 7) is 2.93. The lowest BCUT2D eigenvalue weighted by molar-refractivity contribution is 0.533. The Labute approximate surface area is 120 Å². The standard InChI is InChI=1S/C15H23N5/c1-5-20-15(17-11-18-20)10-14(16-2)12-6-8-13(9-7-12)19(3)4/h6-9,11,14,16H,5,10H2,1-4H3. The van der Waals surface area contributed by atoms with E-state index in [1.807, 2.05) is 25.8 Å². The third-order valence-electron chi connectivity index (χ3n) is 3.54. The summed E-state index contributed by atoms with van der Waals surface area (Å²) in [6, 6.07) is 8.88. The summed E-state index contributed by atoms with van der Waals surface area (Å²) >= 11 is 0. The van der Waals surface area contributed by atoms with Crippen LogP contribution in [0, 0.1) is 0 Å². The fourth-order valence-electron chi connectivity index (χ4n) is 2.28. The van der Waals surface area contributed by atoms with Crippen LogP contribution in [0.25, 0.3) is 0 Å². The second-order valence-corrected chi connectivity index (χ2v) is 5.02. The first-order valence-corrected chi connectivity index (χ1v) is 6.97. The normalized spacial score (nSPS) is 12.4. The molecule has 0 aliphatic heterocycles. The molecule has 0 amide bonds. The van der Waals surface area contributed by atoms with Gasteiger partial charge in [0.25, 0.3) is 0 Å². The Hall–Kier alpha value is -1.88. The van der Waals surface area contributed by atoms with Crippen molar-refractivity contribution >= 4 is 5.69 Å². The minimum atomic E-state index is 0.251. The van der Waals surface area contributed by atoms with Gasteiger partial charge in [-0.3, -0.25) is 4.68 Å². The molecule has 1 heterocycles. The summed E-state index contributed by atoms with van der Waals surface area (Å²) in [4.78, 5) is 6.45. The number of nitrogens with zero attached hydrogens (tertiary/aromatic N) is 4. The van der Waals surface area contributed by atoms with Crippen LogP contribution in [0.5, 0.6) is 0 Å². The summed E-state index contributed by atoms with van der Waals surface area (Å²) in [5.41, 5.74) is 2.48. The predicted octanol–water partition coefficient (Wildman–Crippen LogP) is 1.87. The first kappa shape index (κ1) is 14.5. The van der Waals surface area contributed by atoms with Gasteiger partial charge in [0, 0.05) is 38.8 Å². The minimum Gasteiger partial charge on any atom is -0.378 e. The molecule has 1 unspecified atom stereocenters. The third-order valence-corrected chi connectivity index (χ3v) is 3.54. The maximum Gasteiger partial charge on any atom is 0.138 e. The van der Waals surface area contributed by atoms with Crippen LogP contribution in [0.3, 0.4) is 0 Å². The highest BCUT2D eigenvalue weighted by Gasteiger charge is 2.14. The molecule has 0 saturated carbocycles. The molecule has 5 nitrogen and oxygen atoms in total. The molecule has 0 saturated heterocycles. The highest BCUT2D eigenvalue weighted by Crippen LogP contribution is 2.20. The van der Waals surface area contributed by atoms with Crippen molar-refractivity contribution < 1.29 is 0 Å². The molecular formula is C15H23N5. The number of aromatic nitrogens is 3. The lowest BCUT2D eigenvalue weighted by Crippen LogP contribution is -2.21. The number of nitrogens with one attached hydrogen (secondary N) is 1. The zero-order valence-corrected chi connectivity index (χ0v) is 12.7. The number of benzene rings is 1. The second kappa shape index (κ2) is 6.52. The molecule has 1 atom stereocenters. The molecule has 2 aromatic rings. The maximum atomic E-state index is 4.35. The first-order chi connectivity index (χ1) is 9.65. The van der Waals surface area contributed by atoms with Crippen molar-refractivity contribution in [2.75, 3.05) is 26.0 Å².